The van der Waals surface area contributed by atoms with Gasteiger partial charge in [-0.15, -0.1) is 0 Å². The van der Waals surface area contributed by atoms with Crippen molar-refractivity contribution in [3.8, 4) is 23.0 Å². The quantitative estimate of drug-likeness (QED) is 0.433. The van der Waals surface area contributed by atoms with E-state index in [0.29, 0.717) is 12.8 Å². The van der Waals surface area contributed by atoms with Crippen LogP contribution in [-0.2, 0) is 17.6 Å². The van der Waals surface area contributed by atoms with Gasteiger partial charge >= 0.3 is 0 Å². The summed E-state index contributed by atoms with van der Waals surface area (Å²) in [4.78, 5) is 12.2. The second-order valence-corrected chi connectivity index (χ2v) is 8.31. The van der Waals surface area contributed by atoms with Crippen molar-refractivity contribution in [3.63, 3.8) is 0 Å². The molecule has 2 rings (SSSR count). The predicted molar refractivity (Wildman–Crippen MR) is 117 cm³/mol. The van der Waals surface area contributed by atoms with Gasteiger partial charge in [-0.05, 0) is 60.4 Å². The number of halogens is 2. The summed E-state index contributed by atoms with van der Waals surface area (Å²) in [5.74, 6) is 2.92. The molecule has 0 N–H and O–H groups in total. The molecule has 2 aromatic rings. The summed E-state index contributed by atoms with van der Waals surface area (Å²) in [6, 6.07) is 11.1. The molecule has 7 heteroatoms. The Morgan fingerprint density at radius 1 is 0.750 bits per heavy atom. The third-order valence-electron chi connectivity index (χ3n) is 4.39. The molecule has 0 amide bonds. The van der Waals surface area contributed by atoms with Crippen molar-refractivity contribution in [2.24, 2.45) is 0 Å². The zero-order chi connectivity index (χ0) is 20.7. The van der Waals surface area contributed by atoms with Crippen LogP contribution in [0.3, 0.4) is 0 Å². The topological polar surface area (TPSA) is 54.0 Å². The minimum atomic E-state index is -0.380. The van der Waals surface area contributed by atoms with Crippen LogP contribution in [0, 0.1) is 0 Å². The molecule has 0 aliphatic rings. The molecule has 152 valence electrons. The van der Waals surface area contributed by atoms with E-state index in [1.165, 1.54) is 0 Å². The highest BCUT2D eigenvalue weighted by Gasteiger charge is 2.25. The lowest BCUT2D eigenvalue weighted by atomic mass is 10.0. The predicted octanol–water partition coefficient (Wildman–Crippen LogP) is 4.60. The highest BCUT2D eigenvalue weighted by Crippen LogP contribution is 2.30. The fraction of sp³-hybridized carbons (Fsp3) is 0.381. The fourth-order valence-electron chi connectivity index (χ4n) is 2.87. The van der Waals surface area contributed by atoms with Crippen molar-refractivity contribution in [1.82, 2.24) is 0 Å². The first-order valence-corrected chi connectivity index (χ1v) is 10.5. The highest BCUT2D eigenvalue weighted by molar-refractivity contribution is 9.10. The maximum atomic E-state index is 12.9. The Kier molecular flexibility index (Phi) is 8.63. The molecule has 2 aromatic carbocycles. The van der Waals surface area contributed by atoms with Gasteiger partial charge in [-0.3, -0.25) is 4.79 Å². The van der Waals surface area contributed by atoms with Crippen molar-refractivity contribution in [2.45, 2.75) is 22.5 Å². The Hall–Kier alpha value is -1.73. The molecule has 0 radical (unpaired) electrons. The first kappa shape index (κ1) is 22.6. The van der Waals surface area contributed by atoms with Crippen LogP contribution in [0.4, 0.5) is 0 Å². The van der Waals surface area contributed by atoms with Crippen molar-refractivity contribution in [1.29, 1.82) is 0 Å². The minimum Gasteiger partial charge on any atom is -0.497 e. The highest BCUT2D eigenvalue weighted by atomic mass is 79.9. The maximum absolute atomic E-state index is 12.9. The van der Waals surface area contributed by atoms with Crippen LogP contribution in [0.1, 0.15) is 11.1 Å². The number of methoxy groups -OCH3 is 4. The molecule has 0 fully saturated rings. The molecule has 0 saturated carbocycles. The first-order valence-electron chi connectivity index (χ1n) is 8.67. The summed E-state index contributed by atoms with van der Waals surface area (Å²) >= 11 is 7.07. The van der Waals surface area contributed by atoms with Crippen LogP contribution >= 0.6 is 31.9 Å². The third-order valence-corrected chi connectivity index (χ3v) is 5.94. The molecule has 0 spiro atoms. The standard InChI is InChI=1S/C21H24Br2O5/c1-25-15-5-7-19(27-3)13(9-15)11-17(22)21(24)18(23)12-14-10-16(26-2)6-8-20(14)28-4/h5-10,17-18H,11-12H2,1-4H3. The number of rotatable bonds is 10. The number of ketones is 1. The second-order valence-electron chi connectivity index (χ2n) is 6.10. The Bertz CT molecular complexity index is 744. The molecule has 0 saturated heterocycles. The molecule has 0 aliphatic heterocycles. The molecule has 0 aliphatic carbocycles. The Morgan fingerprint density at radius 3 is 1.46 bits per heavy atom. The summed E-state index contributed by atoms with van der Waals surface area (Å²) in [5, 5.41) is 0. The van der Waals surface area contributed by atoms with Crippen LogP contribution in [-0.4, -0.2) is 43.9 Å². The van der Waals surface area contributed by atoms with Gasteiger partial charge in [0.25, 0.3) is 0 Å². The fourth-order valence-corrected chi connectivity index (χ4v) is 4.56. The molecular formula is C21H24Br2O5. The van der Waals surface area contributed by atoms with Gasteiger partial charge in [0.15, 0.2) is 5.78 Å². The van der Waals surface area contributed by atoms with E-state index in [1.54, 1.807) is 28.4 Å². The van der Waals surface area contributed by atoms with E-state index < -0.39 is 0 Å². The lowest BCUT2D eigenvalue weighted by Crippen LogP contribution is -2.27. The number of carbonyl (C=O) groups is 1. The zero-order valence-electron chi connectivity index (χ0n) is 16.3. The number of Topliss-reactive ketones (excluding diaryl/α,β-unsaturated/α-hetero) is 1. The molecule has 0 aromatic heterocycles. The average molecular weight is 516 g/mol. The lowest BCUT2D eigenvalue weighted by Gasteiger charge is -2.17. The number of hydrogen-bond acceptors (Lipinski definition) is 5. The average Bonchev–Trinajstić information content (AvgIpc) is 2.72. The summed E-state index contributed by atoms with van der Waals surface area (Å²) < 4.78 is 21.4. The molecular weight excluding hydrogens is 492 g/mol. The summed E-state index contributed by atoms with van der Waals surface area (Å²) in [6.07, 6.45) is 0.965. The Morgan fingerprint density at radius 2 is 1.14 bits per heavy atom. The van der Waals surface area contributed by atoms with Gasteiger partial charge in [0.1, 0.15) is 23.0 Å². The number of hydrogen-bond donors (Lipinski definition) is 0. The molecule has 0 bridgehead atoms. The van der Waals surface area contributed by atoms with E-state index in [4.69, 9.17) is 18.9 Å². The Balaban J connectivity index is 2.13. The van der Waals surface area contributed by atoms with Crippen LogP contribution in [0.5, 0.6) is 23.0 Å². The number of alkyl halides is 2. The van der Waals surface area contributed by atoms with Gasteiger partial charge in [0.05, 0.1) is 38.1 Å². The minimum absolute atomic E-state index is 0.0368. The van der Waals surface area contributed by atoms with E-state index in [9.17, 15) is 4.79 Å². The van der Waals surface area contributed by atoms with E-state index in [0.717, 1.165) is 34.1 Å². The van der Waals surface area contributed by atoms with Gasteiger partial charge in [-0.1, -0.05) is 31.9 Å². The van der Waals surface area contributed by atoms with Gasteiger partial charge < -0.3 is 18.9 Å². The van der Waals surface area contributed by atoms with Gasteiger partial charge in [-0.2, -0.15) is 0 Å². The monoisotopic (exact) mass is 514 g/mol. The number of benzene rings is 2. The van der Waals surface area contributed by atoms with Crippen LogP contribution in [0.2, 0.25) is 0 Å². The van der Waals surface area contributed by atoms with E-state index in [2.05, 4.69) is 31.9 Å². The molecule has 5 nitrogen and oxygen atoms in total. The van der Waals surface area contributed by atoms with E-state index in [1.807, 2.05) is 36.4 Å². The smallest absolute Gasteiger partial charge is 0.160 e. The Labute approximate surface area is 182 Å². The van der Waals surface area contributed by atoms with E-state index >= 15 is 0 Å². The van der Waals surface area contributed by atoms with Crippen LogP contribution in [0.25, 0.3) is 0 Å². The summed E-state index contributed by atoms with van der Waals surface area (Å²) in [5.41, 5.74) is 1.80. The summed E-state index contributed by atoms with van der Waals surface area (Å²) in [7, 11) is 6.44. The molecule has 2 unspecified atom stereocenters. The SMILES string of the molecule is COc1ccc(OC)c(CC(Br)C(=O)C(Br)Cc2cc(OC)ccc2OC)c1. The van der Waals surface area contributed by atoms with Gasteiger partial charge in [-0.25, -0.2) is 0 Å². The van der Waals surface area contributed by atoms with Crippen molar-refractivity contribution >= 4 is 37.6 Å². The van der Waals surface area contributed by atoms with Gasteiger partial charge in [0, 0.05) is 0 Å². The normalized spacial score (nSPS) is 12.8. The molecule has 2 atom stereocenters. The number of carbonyl (C=O) groups excluding carboxylic acids is 1. The zero-order valence-corrected chi connectivity index (χ0v) is 19.5. The van der Waals surface area contributed by atoms with Crippen molar-refractivity contribution in [3.05, 3.63) is 47.5 Å². The number of ether oxygens (including phenoxy) is 4. The summed E-state index contributed by atoms with van der Waals surface area (Å²) in [6.45, 7) is 0. The molecule has 0 heterocycles. The third kappa shape index (κ3) is 5.64. The molecule has 28 heavy (non-hydrogen) atoms. The largest absolute Gasteiger partial charge is 0.497 e. The second kappa shape index (κ2) is 10.7. The van der Waals surface area contributed by atoms with Crippen molar-refractivity contribution in [2.75, 3.05) is 28.4 Å². The van der Waals surface area contributed by atoms with Crippen molar-refractivity contribution < 1.29 is 23.7 Å². The lowest BCUT2D eigenvalue weighted by molar-refractivity contribution is -0.117. The van der Waals surface area contributed by atoms with Crippen LogP contribution < -0.4 is 18.9 Å². The van der Waals surface area contributed by atoms with Gasteiger partial charge in [0.2, 0.25) is 0 Å². The van der Waals surface area contributed by atoms with E-state index in [-0.39, 0.29) is 15.4 Å². The van der Waals surface area contributed by atoms with Crippen LogP contribution in [0.15, 0.2) is 36.4 Å². The maximum Gasteiger partial charge on any atom is 0.160 e. The first-order chi connectivity index (χ1) is 13.4.